The fourth-order valence-electron chi connectivity index (χ4n) is 4.48. The van der Waals surface area contributed by atoms with E-state index in [0.29, 0.717) is 24.4 Å². The first-order valence-corrected chi connectivity index (χ1v) is 10.6. The molecule has 1 fully saturated rings. The van der Waals surface area contributed by atoms with Gasteiger partial charge in [-0.05, 0) is 42.3 Å². The summed E-state index contributed by atoms with van der Waals surface area (Å²) < 4.78 is 5.48. The maximum Gasteiger partial charge on any atom is 0.409 e. The number of ether oxygens (including phenoxy) is 1. The SMILES string of the molecule is Cc1c(NC(=O)O)cccc1-c1cnc(C(N)=O)c2[nH]c3ccc(N4CCOCC4)cc3c12. The van der Waals surface area contributed by atoms with Gasteiger partial charge in [-0.15, -0.1) is 0 Å². The molecule has 0 saturated carbocycles. The lowest BCUT2D eigenvalue weighted by atomic mass is 9.95. The average Bonchev–Trinajstić information content (AvgIpc) is 3.19. The first kappa shape index (κ1) is 20.8. The van der Waals surface area contributed by atoms with Crippen molar-refractivity contribution >= 4 is 45.2 Å². The van der Waals surface area contributed by atoms with E-state index in [1.54, 1.807) is 18.3 Å². The van der Waals surface area contributed by atoms with Crippen LogP contribution in [0.4, 0.5) is 16.2 Å². The number of hydrogen-bond donors (Lipinski definition) is 4. The lowest BCUT2D eigenvalue weighted by Gasteiger charge is -2.28. The number of aromatic amines is 1. The highest BCUT2D eigenvalue weighted by molar-refractivity contribution is 6.19. The van der Waals surface area contributed by atoms with Gasteiger partial charge in [0.15, 0.2) is 5.69 Å². The van der Waals surface area contributed by atoms with Gasteiger partial charge in [0.25, 0.3) is 5.91 Å². The van der Waals surface area contributed by atoms with Crippen molar-refractivity contribution < 1.29 is 19.4 Å². The molecule has 9 heteroatoms. The molecule has 2 aromatic carbocycles. The molecule has 0 spiro atoms. The molecule has 2 amide bonds. The zero-order chi connectivity index (χ0) is 23.1. The van der Waals surface area contributed by atoms with Crippen LogP contribution >= 0.6 is 0 Å². The lowest BCUT2D eigenvalue weighted by molar-refractivity contribution is 0.0997. The van der Waals surface area contributed by atoms with Crippen LogP contribution in [0.2, 0.25) is 0 Å². The zero-order valence-corrected chi connectivity index (χ0v) is 18.0. The number of H-pyrrole nitrogens is 1. The van der Waals surface area contributed by atoms with Crippen molar-refractivity contribution in [1.82, 2.24) is 9.97 Å². The molecule has 0 radical (unpaired) electrons. The summed E-state index contributed by atoms with van der Waals surface area (Å²) in [5.74, 6) is -0.621. The Labute approximate surface area is 189 Å². The second-order valence-electron chi connectivity index (χ2n) is 8.00. The van der Waals surface area contributed by atoms with E-state index in [0.717, 1.165) is 51.8 Å². The van der Waals surface area contributed by atoms with Gasteiger partial charge in [-0.2, -0.15) is 0 Å². The summed E-state index contributed by atoms with van der Waals surface area (Å²) in [4.78, 5) is 33.3. The number of amides is 2. The molecule has 0 bridgehead atoms. The minimum absolute atomic E-state index is 0.162. The molecule has 3 heterocycles. The number of primary amides is 1. The van der Waals surface area contributed by atoms with E-state index in [1.807, 2.05) is 25.1 Å². The van der Waals surface area contributed by atoms with Crippen molar-refractivity contribution in [1.29, 1.82) is 0 Å². The Morgan fingerprint density at radius 2 is 1.97 bits per heavy atom. The molecule has 0 atom stereocenters. The van der Waals surface area contributed by atoms with Gasteiger partial charge in [0.2, 0.25) is 0 Å². The van der Waals surface area contributed by atoms with Crippen LogP contribution in [0, 0.1) is 6.92 Å². The van der Waals surface area contributed by atoms with Crippen molar-refractivity contribution in [2.24, 2.45) is 5.73 Å². The van der Waals surface area contributed by atoms with E-state index >= 15 is 0 Å². The monoisotopic (exact) mass is 445 g/mol. The molecular formula is C24H23N5O4. The molecular weight excluding hydrogens is 422 g/mol. The minimum Gasteiger partial charge on any atom is -0.465 e. The molecule has 5 N–H and O–H groups in total. The number of anilines is 2. The maximum atomic E-state index is 12.1. The number of nitrogens with two attached hydrogens (primary N) is 1. The molecule has 1 aliphatic heterocycles. The third-order valence-corrected chi connectivity index (χ3v) is 6.09. The predicted octanol–water partition coefficient (Wildman–Crippen LogP) is 3.72. The average molecular weight is 445 g/mol. The summed E-state index contributed by atoms with van der Waals surface area (Å²) in [6, 6.07) is 11.5. The van der Waals surface area contributed by atoms with Crippen molar-refractivity contribution in [2.75, 3.05) is 36.5 Å². The van der Waals surface area contributed by atoms with E-state index in [9.17, 15) is 14.7 Å². The molecule has 168 valence electrons. The standard InChI is InChI=1S/C24H23N5O4/c1-13-15(3-2-4-18(13)28-24(31)32)17-12-26-22(23(25)30)21-20(17)16-11-14(5-6-19(16)27-21)29-7-9-33-10-8-29/h2-6,11-12,27-28H,7-10H2,1H3,(H2,25,30)(H,31,32). The number of fused-ring (bicyclic) bond motifs is 3. The number of hydrogen-bond acceptors (Lipinski definition) is 5. The van der Waals surface area contributed by atoms with Crippen LogP contribution in [0.3, 0.4) is 0 Å². The highest BCUT2D eigenvalue weighted by Crippen LogP contribution is 2.39. The maximum absolute atomic E-state index is 12.1. The second kappa shape index (κ2) is 8.10. The van der Waals surface area contributed by atoms with Crippen LogP contribution in [0.5, 0.6) is 0 Å². The second-order valence-corrected chi connectivity index (χ2v) is 8.00. The third-order valence-electron chi connectivity index (χ3n) is 6.09. The molecule has 1 aliphatic rings. The Hall–Kier alpha value is -4.11. The van der Waals surface area contributed by atoms with Crippen molar-refractivity contribution in [3.05, 3.63) is 53.9 Å². The number of pyridine rings is 1. The minimum atomic E-state index is -1.13. The molecule has 33 heavy (non-hydrogen) atoms. The van der Waals surface area contributed by atoms with Crippen LogP contribution in [-0.4, -0.2) is 53.4 Å². The van der Waals surface area contributed by atoms with Gasteiger partial charge < -0.3 is 25.5 Å². The number of benzene rings is 2. The number of rotatable bonds is 4. The first-order chi connectivity index (χ1) is 15.9. The number of aromatic nitrogens is 2. The quantitative estimate of drug-likeness (QED) is 0.378. The van der Waals surface area contributed by atoms with Crippen LogP contribution in [0.25, 0.3) is 32.9 Å². The fourth-order valence-corrected chi connectivity index (χ4v) is 4.48. The highest BCUT2D eigenvalue weighted by Gasteiger charge is 2.21. The lowest BCUT2D eigenvalue weighted by Crippen LogP contribution is -2.36. The number of carbonyl (C=O) groups excluding carboxylic acids is 1. The largest absolute Gasteiger partial charge is 0.465 e. The topological polar surface area (TPSA) is 134 Å². The van der Waals surface area contributed by atoms with E-state index in [1.165, 1.54) is 0 Å². The Bertz CT molecular complexity index is 1410. The van der Waals surface area contributed by atoms with Crippen LogP contribution in [-0.2, 0) is 4.74 Å². The van der Waals surface area contributed by atoms with Gasteiger partial charge in [0.05, 0.1) is 18.7 Å². The van der Waals surface area contributed by atoms with E-state index in [-0.39, 0.29) is 5.69 Å². The fraction of sp³-hybridized carbons (Fsp3) is 0.208. The number of morpholine rings is 1. The summed E-state index contributed by atoms with van der Waals surface area (Å²) in [7, 11) is 0. The number of nitrogens with one attached hydrogen (secondary N) is 2. The van der Waals surface area contributed by atoms with Crippen LogP contribution < -0.4 is 16.0 Å². The predicted molar refractivity (Wildman–Crippen MR) is 127 cm³/mol. The van der Waals surface area contributed by atoms with Gasteiger partial charge >= 0.3 is 6.09 Å². The van der Waals surface area contributed by atoms with E-state index < -0.39 is 12.0 Å². The Morgan fingerprint density at radius 1 is 1.18 bits per heavy atom. The molecule has 2 aromatic heterocycles. The number of carboxylic acid groups (broad SMARTS) is 1. The Morgan fingerprint density at radius 3 is 2.70 bits per heavy atom. The summed E-state index contributed by atoms with van der Waals surface area (Å²) in [6.07, 6.45) is 0.495. The van der Waals surface area contributed by atoms with Gasteiger partial charge in [0.1, 0.15) is 0 Å². The Kier molecular flexibility index (Phi) is 5.10. The van der Waals surface area contributed by atoms with Crippen LogP contribution in [0.15, 0.2) is 42.6 Å². The molecule has 9 nitrogen and oxygen atoms in total. The smallest absolute Gasteiger partial charge is 0.409 e. The van der Waals surface area contributed by atoms with Gasteiger partial charge in [-0.1, -0.05) is 12.1 Å². The van der Waals surface area contributed by atoms with Gasteiger partial charge in [-0.3, -0.25) is 10.1 Å². The van der Waals surface area contributed by atoms with Crippen LogP contribution in [0.1, 0.15) is 16.1 Å². The number of nitrogens with zero attached hydrogens (tertiary/aromatic N) is 2. The molecule has 0 unspecified atom stereocenters. The van der Waals surface area contributed by atoms with Crippen molar-refractivity contribution in [3.63, 3.8) is 0 Å². The van der Waals surface area contributed by atoms with Crippen molar-refractivity contribution in [3.8, 4) is 11.1 Å². The van der Waals surface area contributed by atoms with Gasteiger partial charge in [-0.25, -0.2) is 9.78 Å². The normalized spacial score (nSPS) is 14.0. The first-order valence-electron chi connectivity index (χ1n) is 10.6. The number of carbonyl (C=O) groups is 2. The molecule has 1 saturated heterocycles. The van der Waals surface area contributed by atoms with E-state index in [2.05, 4.69) is 26.3 Å². The zero-order valence-electron chi connectivity index (χ0n) is 18.0. The molecule has 5 rings (SSSR count). The summed E-state index contributed by atoms with van der Waals surface area (Å²) in [6.45, 7) is 4.81. The molecule has 4 aromatic rings. The van der Waals surface area contributed by atoms with E-state index in [4.69, 9.17) is 10.5 Å². The third kappa shape index (κ3) is 3.62. The summed E-state index contributed by atoms with van der Waals surface area (Å²) in [5.41, 5.74) is 11.1. The van der Waals surface area contributed by atoms with Crippen molar-refractivity contribution in [2.45, 2.75) is 6.92 Å². The summed E-state index contributed by atoms with van der Waals surface area (Å²) in [5, 5.41) is 13.4. The Balaban J connectivity index is 1.78. The summed E-state index contributed by atoms with van der Waals surface area (Å²) >= 11 is 0. The molecule has 0 aliphatic carbocycles. The highest BCUT2D eigenvalue weighted by atomic mass is 16.5. The van der Waals surface area contributed by atoms with Gasteiger partial charge in [0, 0.05) is 52.5 Å².